The predicted octanol–water partition coefficient (Wildman–Crippen LogP) is 9.46. The average Bonchev–Trinajstić information content (AvgIpc) is 3.14. The number of amides is 1. The van der Waals surface area contributed by atoms with Crippen LogP contribution in [0.4, 0.5) is 0 Å². The van der Waals surface area contributed by atoms with Gasteiger partial charge in [0.05, 0.1) is 6.10 Å². The van der Waals surface area contributed by atoms with E-state index < -0.39 is 0 Å². The van der Waals surface area contributed by atoms with Gasteiger partial charge in [-0.3, -0.25) is 10.2 Å². The second-order valence-corrected chi connectivity index (χ2v) is 14.7. The molecule has 0 aliphatic heterocycles. The summed E-state index contributed by atoms with van der Waals surface area (Å²) >= 11 is 0. The van der Waals surface area contributed by atoms with Crippen LogP contribution >= 0.6 is 0 Å². The van der Waals surface area contributed by atoms with Crippen molar-refractivity contribution in [3.05, 3.63) is 0 Å². The molecule has 0 rings (SSSR count). The molecule has 306 valence electrons. The molecule has 1 atom stereocenters. The third kappa shape index (κ3) is 45.2. The van der Waals surface area contributed by atoms with Crippen molar-refractivity contribution in [3.63, 3.8) is 0 Å². The van der Waals surface area contributed by atoms with Gasteiger partial charge in [0, 0.05) is 13.2 Å². The summed E-state index contributed by atoms with van der Waals surface area (Å²) < 4.78 is 5.91. The van der Waals surface area contributed by atoms with E-state index in [1.54, 1.807) is 0 Å². The quantitative estimate of drug-likeness (QED) is 0.0170. The van der Waals surface area contributed by atoms with Crippen LogP contribution in [0.2, 0.25) is 0 Å². The Morgan fingerprint density at radius 2 is 0.706 bits per heavy atom. The van der Waals surface area contributed by atoms with E-state index >= 15 is 0 Å². The Balaban J connectivity index is 3.11. The normalized spacial score (nSPS) is 12.1. The Kier molecular flexibility index (Phi) is 46.3. The molecule has 11 nitrogen and oxygen atoms in total. The van der Waals surface area contributed by atoms with E-state index in [4.69, 9.17) is 4.74 Å². The highest BCUT2D eigenvalue weighted by molar-refractivity contribution is 5.44. The van der Waals surface area contributed by atoms with Gasteiger partial charge in [-0.1, -0.05) is 206 Å². The molecule has 1 unspecified atom stereocenters. The van der Waals surface area contributed by atoms with Gasteiger partial charge >= 0.3 is 0 Å². The summed E-state index contributed by atoms with van der Waals surface area (Å²) in [4.78, 5) is 10.0. The molecule has 1 amide bonds. The van der Waals surface area contributed by atoms with Gasteiger partial charge in [-0.2, -0.15) is 38.7 Å². The molecular weight excluding hydrogens is 639 g/mol. The molecule has 0 aromatic rings. The van der Waals surface area contributed by atoms with E-state index in [0.717, 1.165) is 19.6 Å². The molecule has 0 saturated carbocycles. The second kappa shape index (κ2) is 47.1. The van der Waals surface area contributed by atoms with Gasteiger partial charge in [0.25, 0.3) is 0 Å². The van der Waals surface area contributed by atoms with Crippen LogP contribution < -0.4 is 49.6 Å². The van der Waals surface area contributed by atoms with Gasteiger partial charge in [-0.05, 0) is 26.2 Å². The fraction of sp³-hybridized carbons (Fsp3) is 0.975. The van der Waals surface area contributed by atoms with Crippen LogP contribution in [-0.2, 0) is 9.53 Å². The average molecular weight is 728 g/mol. The van der Waals surface area contributed by atoms with Crippen molar-refractivity contribution in [1.82, 2.24) is 49.6 Å². The number of ether oxygens (including phenoxy) is 1. The molecule has 0 aliphatic rings. The molecule has 51 heavy (non-hydrogen) atoms. The van der Waals surface area contributed by atoms with E-state index in [1.807, 2.05) is 0 Å². The monoisotopic (exact) mass is 728 g/mol. The Morgan fingerprint density at radius 1 is 0.392 bits per heavy atom. The summed E-state index contributed by atoms with van der Waals surface area (Å²) in [5.74, 6) is 0. The summed E-state index contributed by atoms with van der Waals surface area (Å²) in [6.45, 7) is 6.20. The maximum absolute atomic E-state index is 10.0. The Labute approximate surface area is 316 Å². The summed E-state index contributed by atoms with van der Waals surface area (Å²) in [7, 11) is 0. The highest BCUT2D eigenvalue weighted by atomic mass is 16.5. The van der Waals surface area contributed by atoms with Crippen molar-refractivity contribution < 1.29 is 9.53 Å². The number of rotatable bonds is 47. The van der Waals surface area contributed by atoms with E-state index in [1.165, 1.54) is 212 Å². The Morgan fingerprint density at radius 3 is 1.06 bits per heavy atom. The van der Waals surface area contributed by atoms with E-state index in [9.17, 15) is 4.79 Å². The fourth-order valence-electron chi connectivity index (χ4n) is 6.84. The van der Waals surface area contributed by atoms with E-state index in [0.29, 0.717) is 12.5 Å². The number of carbonyl (C=O) groups is 1. The molecule has 0 spiro atoms. The molecule has 9 N–H and O–H groups in total. The third-order valence-corrected chi connectivity index (χ3v) is 9.95. The number of nitrogens with one attached hydrogen (secondary N) is 9. The van der Waals surface area contributed by atoms with Gasteiger partial charge in [0.2, 0.25) is 6.41 Å². The molecule has 0 bridgehead atoms. The van der Waals surface area contributed by atoms with Crippen molar-refractivity contribution >= 4 is 6.41 Å². The number of hydrogen-bond donors (Lipinski definition) is 9. The first-order valence-corrected chi connectivity index (χ1v) is 22.1. The first-order valence-electron chi connectivity index (χ1n) is 22.1. The lowest BCUT2D eigenvalue weighted by atomic mass is 10.0. The van der Waals surface area contributed by atoms with Crippen molar-refractivity contribution in [2.45, 2.75) is 238 Å². The first kappa shape index (κ1) is 50.1. The Hall–Kier alpha value is -0.890. The van der Waals surface area contributed by atoms with Gasteiger partial charge < -0.3 is 4.74 Å². The van der Waals surface area contributed by atoms with Crippen LogP contribution in [0.3, 0.4) is 0 Å². The van der Waals surface area contributed by atoms with Crippen molar-refractivity contribution in [3.8, 4) is 0 Å². The maximum Gasteiger partial charge on any atom is 0.222 e. The fourth-order valence-corrected chi connectivity index (χ4v) is 6.84. The number of hydrogen-bond acceptors (Lipinski definition) is 10. The van der Waals surface area contributed by atoms with Gasteiger partial charge in [-0.25, -0.2) is 5.43 Å². The number of hydrazine groups is 8. The minimum atomic E-state index is 0.512. The van der Waals surface area contributed by atoms with Crippen LogP contribution in [0, 0.1) is 0 Å². The summed E-state index contributed by atoms with van der Waals surface area (Å²) in [5, 5.41) is 0. The zero-order chi connectivity index (χ0) is 36.8. The van der Waals surface area contributed by atoms with Crippen LogP contribution in [-0.4, -0.2) is 25.7 Å². The molecule has 0 fully saturated rings. The highest BCUT2D eigenvalue weighted by Gasteiger charge is 2.07. The molecular formula is C40H89N9O2. The van der Waals surface area contributed by atoms with E-state index in [2.05, 4.69) is 63.4 Å². The largest absolute Gasteiger partial charge is 0.379 e. The topological polar surface area (TPSA) is 135 Å². The van der Waals surface area contributed by atoms with Crippen LogP contribution in [0.15, 0.2) is 0 Å². The lowest BCUT2D eigenvalue weighted by Crippen LogP contribution is -2.64. The van der Waals surface area contributed by atoms with Crippen molar-refractivity contribution in [2.24, 2.45) is 0 Å². The zero-order valence-electron chi connectivity index (χ0n) is 33.9. The summed E-state index contributed by atoms with van der Waals surface area (Å²) in [6.07, 6.45) is 48.8. The Bertz CT molecular complexity index is 637. The summed E-state index contributed by atoms with van der Waals surface area (Å²) in [5.41, 5.74) is 23.4. The van der Waals surface area contributed by atoms with Crippen LogP contribution in [0.25, 0.3) is 0 Å². The lowest BCUT2D eigenvalue weighted by Gasteiger charge is -2.16. The molecule has 0 aromatic heterocycles. The van der Waals surface area contributed by atoms with Crippen molar-refractivity contribution in [2.75, 3.05) is 13.2 Å². The second-order valence-electron chi connectivity index (χ2n) is 14.7. The van der Waals surface area contributed by atoms with Crippen LogP contribution in [0.5, 0.6) is 0 Å². The minimum Gasteiger partial charge on any atom is -0.379 e. The molecule has 11 heteroatoms. The van der Waals surface area contributed by atoms with Gasteiger partial charge in [0.15, 0.2) is 0 Å². The SMILES string of the molecule is CCCCC(CCCCCCCCCCCCCCCCCCCCCCCCCCCCCCCCNNNNNNNNNC=O)OCC. The molecule has 0 heterocycles. The smallest absolute Gasteiger partial charge is 0.222 e. The molecule has 0 radical (unpaired) electrons. The van der Waals surface area contributed by atoms with Gasteiger partial charge in [-0.15, -0.1) is 0 Å². The number of carbonyl (C=O) groups excluding carboxylic acids is 1. The van der Waals surface area contributed by atoms with Gasteiger partial charge in [0.1, 0.15) is 0 Å². The summed E-state index contributed by atoms with van der Waals surface area (Å²) in [6, 6.07) is 0. The first-order chi connectivity index (χ1) is 25.3. The molecule has 0 aromatic carbocycles. The molecule has 0 saturated heterocycles. The lowest BCUT2D eigenvalue weighted by molar-refractivity contribution is -0.110. The minimum absolute atomic E-state index is 0.512. The number of unbranched alkanes of at least 4 members (excludes halogenated alkanes) is 30. The van der Waals surface area contributed by atoms with E-state index in [-0.39, 0.29) is 0 Å². The van der Waals surface area contributed by atoms with Crippen molar-refractivity contribution in [1.29, 1.82) is 0 Å². The standard InChI is InChI=1S/C40H89N9O2/c1-3-5-36-40(51-4-2)37-34-32-30-28-26-24-22-20-18-16-14-12-10-8-6-7-9-11-13-15-17-19-21-23-25-27-29-31-33-35-38-41-43-45-47-49-48-46-44-42-39-50/h39-41,43-49H,3-38H2,1-2H3,(H,42,50). The molecule has 0 aliphatic carbocycles. The highest BCUT2D eigenvalue weighted by Crippen LogP contribution is 2.18. The predicted molar refractivity (Wildman–Crippen MR) is 217 cm³/mol. The van der Waals surface area contributed by atoms with Crippen LogP contribution in [0.1, 0.15) is 232 Å². The third-order valence-electron chi connectivity index (χ3n) is 9.95. The zero-order valence-corrected chi connectivity index (χ0v) is 33.9. The maximum atomic E-state index is 10.0.